The van der Waals surface area contributed by atoms with E-state index in [0.717, 1.165) is 31.5 Å². The Morgan fingerprint density at radius 2 is 0.920 bits per heavy atom. The van der Waals surface area contributed by atoms with Crippen molar-refractivity contribution < 1.29 is 125 Å². The minimum atomic E-state index is -2.20. The van der Waals surface area contributed by atoms with Gasteiger partial charge >= 0.3 is 11.9 Å². The normalized spacial score (nSPS) is 24.2. The van der Waals surface area contributed by atoms with Gasteiger partial charge in [-0.1, -0.05) is 137 Å². The number of aromatic nitrogens is 1. The number of hydrogen-bond donors (Lipinski definition) is 17. The van der Waals surface area contributed by atoms with Gasteiger partial charge in [0.05, 0.1) is 37.3 Å². The highest BCUT2D eigenvalue weighted by Crippen LogP contribution is 2.29. The number of halogens is 3. The third-order valence-corrected chi connectivity index (χ3v) is 25.1. The van der Waals surface area contributed by atoms with Crippen molar-refractivity contribution in [2.75, 3.05) is 52.3 Å². The molecule has 6 aromatic carbocycles. The molecule has 7 aromatic rings. The molecule has 10 rings (SSSR count). The number of thioether (sulfide) groups is 1. The van der Waals surface area contributed by atoms with Crippen LogP contribution in [0.1, 0.15) is 99.1 Å². The number of carboxylic acids is 2. The number of aliphatic hydroxyl groups is 2. The minimum absolute atomic E-state index is 0.165. The molecular weight excluding hydrogens is 1820 g/mol. The van der Waals surface area contributed by atoms with Gasteiger partial charge in [-0.15, -0.1) is 11.8 Å². The summed E-state index contributed by atoms with van der Waals surface area (Å²) in [6.07, 6.45) is -7.42. The number of amides is 15. The molecule has 3 aliphatic heterocycles. The Kier molecular flexibility index (Phi) is 37.3. The predicted molar refractivity (Wildman–Crippen MR) is 492 cm³/mol. The SMILES string of the molecule is CCCC[C@H]1C(=O)N2C[C@H](O)C[C@@H]2C(=O)N[C@@H](CC(=O)O)C(=O)N[C@@H](C(C)C)C(=O)N(C)C(Cc2ccccc2)C(=O)N[C@@H](Cc2ccc(O)cc2)C(=O)N2C[C@H](O)C[C@@H]2C(=O)N[C@@H](Cc2c[nH]c3ccccc23)C(=O)N[C@@H](Cc2ccc(O)cc2)C(=O)N[C@@H](CC(=O)O)C(=O)N[C@H](C(=O)NCC(N)=O)CSCC(=O)N[C@@H](Cc2cc(F)c(F)c(F)c2)C(=O)N(C)[C@@H](Cc2ccccc2)C(=O)N1C. The van der Waals surface area contributed by atoms with Crippen LogP contribution in [0.25, 0.3) is 10.9 Å². The number of carbonyl (C=O) groups is 17. The topological polar surface area (TPSA) is 578 Å². The van der Waals surface area contributed by atoms with E-state index in [1.54, 1.807) is 91.9 Å². The first-order valence-electron chi connectivity index (χ1n) is 44.6. The Morgan fingerprint density at radius 1 is 0.478 bits per heavy atom. The van der Waals surface area contributed by atoms with E-state index in [2.05, 4.69) is 52.8 Å². The second-order valence-electron chi connectivity index (χ2n) is 34.7. The standard InChI is InChI=1S/C95H113F3N16O23S/c1-7-8-23-72-94(136)114-47-60(118)41-75(114)90(132)106-68(43-80(123)124)87(129)109-82(50(2)3)95(137)111(5)73(37-51-17-11-9-12-18-51)88(130)107-70(35-54-26-30-58(116)31-27-54)92(134)113-46-59(117)40-74(113)89(131)105-66(39-56-44-100-64-22-16-15-21-61(56)64)85(127)103-65(34-53-24-28-57(115)29-25-53)84(126)104-67(42-79(121)122)86(128)108-71(83(125)101-45-77(99)119)48-138-49-78(120)102-69(36-55-32-62(96)81(98)63(97)33-55)91(133)112(6)76(93(135)110(72)4)38-52-19-13-10-14-20-52/h9-22,24-33,44,50,59-60,65-76,82,100,115-118H,7-8,23,34-43,45-49H2,1-6H3,(H2,99,119)(H,101,125)(H,102,120)(H,103,127)(H,104,126)(H,105,131)(H,106,132)(H,107,130)(H,108,128)(H,109,129)(H,121,122)(H,123,124)/t59-,60-,65+,66+,67+,68+,69+,70+,71+,72+,73?,74-,75-,76+,82+/m1/s1. The van der Waals surface area contributed by atoms with E-state index in [0.29, 0.717) is 63.5 Å². The summed E-state index contributed by atoms with van der Waals surface area (Å²) in [5.41, 5.74) is 7.22. The summed E-state index contributed by atoms with van der Waals surface area (Å²) in [6.45, 7) is 2.68. The first-order chi connectivity index (χ1) is 65.6. The number of fused-ring (bicyclic) bond motifs is 3. The number of aliphatic carboxylic acids is 2. The van der Waals surface area contributed by atoms with Crippen LogP contribution in [0.2, 0.25) is 0 Å². The molecule has 15 atom stereocenters. The van der Waals surface area contributed by atoms with Gasteiger partial charge in [-0.2, -0.15) is 0 Å². The number of aromatic amines is 1. The molecular formula is C95H113F3N16O23S. The number of unbranched alkanes of at least 4 members (excludes halogenated alkanes) is 1. The number of nitrogens with one attached hydrogen (secondary N) is 10. The number of carbonyl (C=O) groups excluding carboxylic acids is 15. The van der Waals surface area contributed by atoms with E-state index in [1.165, 1.54) is 82.7 Å². The lowest BCUT2D eigenvalue weighted by molar-refractivity contribution is -0.152. The zero-order valence-electron chi connectivity index (χ0n) is 76.4. The van der Waals surface area contributed by atoms with Crippen molar-refractivity contribution in [3.63, 3.8) is 0 Å². The molecule has 18 N–H and O–H groups in total. The van der Waals surface area contributed by atoms with Crippen LogP contribution in [-0.2, 0) is 120 Å². The maximum Gasteiger partial charge on any atom is 0.305 e. The number of hydrogen-bond acceptors (Lipinski definition) is 22. The van der Waals surface area contributed by atoms with Crippen LogP contribution < -0.4 is 53.6 Å². The van der Waals surface area contributed by atoms with Gasteiger partial charge in [-0.25, -0.2) is 13.2 Å². The average molecular weight is 1940 g/mol. The van der Waals surface area contributed by atoms with Gasteiger partial charge in [-0.3, -0.25) is 81.5 Å². The van der Waals surface area contributed by atoms with E-state index in [1.807, 2.05) is 0 Å². The van der Waals surface area contributed by atoms with Crippen LogP contribution in [0, 0.1) is 23.4 Å². The van der Waals surface area contributed by atoms with Crippen molar-refractivity contribution in [1.82, 2.24) is 77.3 Å². The summed E-state index contributed by atoms with van der Waals surface area (Å²) in [5.74, 6) is -28.7. The number of primary amides is 1. The van der Waals surface area contributed by atoms with E-state index >= 15 is 51.9 Å². The second kappa shape index (κ2) is 48.8. The molecule has 43 heteroatoms. The van der Waals surface area contributed by atoms with Crippen molar-refractivity contribution in [2.45, 2.75) is 195 Å². The van der Waals surface area contributed by atoms with E-state index in [-0.39, 0.29) is 42.7 Å². The number of carboxylic acid groups (broad SMARTS) is 2. The number of phenols is 2. The summed E-state index contributed by atoms with van der Waals surface area (Å²) in [4.78, 5) is 259. The lowest BCUT2D eigenvalue weighted by Gasteiger charge is -2.38. The minimum Gasteiger partial charge on any atom is -0.508 e. The average Bonchev–Trinajstić information content (AvgIpc) is 1.62. The van der Waals surface area contributed by atoms with Crippen molar-refractivity contribution >= 4 is 123 Å². The molecule has 738 valence electrons. The molecule has 3 aliphatic rings. The lowest BCUT2D eigenvalue weighted by atomic mass is 9.98. The first-order valence-corrected chi connectivity index (χ1v) is 45.8. The van der Waals surface area contributed by atoms with Crippen LogP contribution in [0.5, 0.6) is 11.5 Å². The van der Waals surface area contributed by atoms with Crippen LogP contribution in [0.4, 0.5) is 13.2 Å². The number of benzene rings is 6. The van der Waals surface area contributed by atoms with E-state index < -0.39 is 303 Å². The fourth-order valence-electron chi connectivity index (χ4n) is 16.7. The molecule has 1 unspecified atom stereocenters. The smallest absolute Gasteiger partial charge is 0.305 e. The number of nitrogens with two attached hydrogens (primary N) is 1. The second-order valence-corrected chi connectivity index (χ2v) is 35.7. The molecule has 0 aliphatic carbocycles. The first kappa shape index (κ1) is 106. The molecule has 3 saturated heterocycles. The fraction of sp³-hybridized carbons (Fsp3) is 0.421. The van der Waals surface area contributed by atoms with Crippen LogP contribution in [0.3, 0.4) is 0 Å². The van der Waals surface area contributed by atoms with Crippen molar-refractivity contribution in [3.8, 4) is 11.5 Å². The monoisotopic (exact) mass is 1930 g/mol. The summed E-state index contributed by atoms with van der Waals surface area (Å²) in [7, 11) is 3.54. The highest BCUT2D eigenvalue weighted by molar-refractivity contribution is 8.00. The van der Waals surface area contributed by atoms with Crippen LogP contribution >= 0.6 is 11.8 Å². The van der Waals surface area contributed by atoms with Crippen LogP contribution in [-0.4, -0.2) is 304 Å². The number of rotatable bonds is 23. The summed E-state index contributed by atoms with van der Waals surface area (Å²) < 4.78 is 45.1. The van der Waals surface area contributed by atoms with Gasteiger partial charge in [0.1, 0.15) is 90.0 Å². The molecule has 0 saturated carbocycles. The Bertz CT molecular complexity index is 5590. The molecule has 15 amide bonds. The van der Waals surface area contributed by atoms with Crippen molar-refractivity contribution in [3.05, 3.63) is 203 Å². The molecule has 3 fully saturated rings. The number of likely N-dealkylation sites (N-methyl/N-ethyl adjacent to an activating group) is 3. The maximum atomic E-state index is 15.8. The van der Waals surface area contributed by atoms with Gasteiger partial charge < -0.3 is 114 Å². The number of para-hydroxylation sites is 1. The van der Waals surface area contributed by atoms with Gasteiger partial charge in [0.25, 0.3) is 0 Å². The van der Waals surface area contributed by atoms with E-state index in [4.69, 9.17) is 5.73 Å². The molecule has 138 heavy (non-hydrogen) atoms. The quantitative estimate of drug-likeness (QED) is 0.0380. The van der Waals surface area contributed by atoms with Crippen molar-refractivity contribution in [2.24, 2.45) is 11.7 Å². The molecule has 0 radical (unpaired) electrons. The summed E-state index contributed by atoms with van der Waals surface area (Å²) in [5, 5.41) is 87.5. The molecule has 0 bridgehead atoms. The molecule has 0 spiro atoms. The molecule has 1 aromatic heterocycles. The predicted octanol–water partition coefficient (Wildman–Crippen LogP) is 0.179. The number of aromatic hydroxyl groups is 2. The Labute approximate surface area is 795 Å². The summed E-state index contributed by atoms with van der Waals surface area (Å²) >= 11 is 0.533. The largest absolute Gasteiger partial charge is 0.508 e. The Balaban J connectivity index is 1.07. The van der Waals surface area contributed by atoms with Gasteiger partial charge in [-0.05, 0) is 88.2 Å². The number of H-pyrrole nitrogens is 1. The highest BCUT2D eigenvalue weighted by atomic mass is 32.2. The lowest BCUT2D eigenvalue weighted by Crippen LogP contribution is -2.62. The third kappa shape index (κ3) is 28.6. The molecule has 4 heterocycles. The zero-order valence-corrected chi connectivity index (χ0v) is 77.2. The molecule has 39 nitrogen and oxygen atoms in total. The Morgan fingerprint density at radius 3 is 1.46 bits per heavy atom. The van der Waals surface area contributed by atoms with E-state index in [9.17, 15) is 73.4 Å². The number of nitrogens with zero attached hydrogens (tertiary/aromatic N) is 5. The van der Waals surface area contributed by atoms with Gasteiger partial charge in [0, 0.05) is 108 Å². The zero-order chi connectivity index (χ0) is 101. The number of aliphatic hydroxyl groups excluding tert-OH is 2. The highest BCUT2D eigenvalue weighted by Gasteiger charge is 2.49. The van der Waals surface area contributed by atoms with Crippen molar-refractivity contribution in [1.29, 1.82) is 0 Å². The third-order valence-electron chi connectivity index (χ3n) is 24.1. The van der Waals surface area contributed by atoms with Gasteiger partial charge in [0.2, 0.25) is 88.6 Å². The summed E-state index contributed by atoms with van der Waals surface area (Å²) in [6, 6.07) is 10.9. The number of phenolic OH excluding ortho intramolecular Hbond substituents is 2. The van der Waals surface area contributed by atoms with Gasteiger partial charge in [0.15, 0.2) is 17.5 Å². The maximum absolute atomic E-state index is 15.8. The Hall–Kier alpha value is -14.5. The fourth-order valence-corrected chi connectivity index (χ4v) is 17.5. The van der Waals surface area contributed by atoms with Crippen LogP contribution in [0.15, 0.2) is 152 Å².